The summed E-state index contributed by atoms with van der Waals surface area (Å²) < 4.78 is 5.44. The summed E-state index contributed by atoms with van der Waals surface area (Å²) in [5.41, 5.74) is 0.0465. The van der Waals surface area contributed by atoms with Gasteiger partial charge in [0.15, 0.2) is 0 Å². The van der Waals surface area contributed by atoms with Gasteiger partial charge in [-0.25, -0.2) is 4.79 Å². The molecule has 2 saturated carbocycles. The SMILES string of the molecule is CC(C)(C)OC(=O)N1CCC(C(=O)NC2CC3CCC2(C)C3(C)C)CC1. The summed E-state index contributed by atoms with van der Waals surface area (Å²) in [5, 5.41) is 3.38. The number of rotatable bonds is 2. The molecule has 1 N–H and O–H groups in total. The van der Waals surface area contributed by atoms with Gasteiger partial charge in [0.25, 0.3) is 0 Å². The van der Waals surface area contributed by atoms with E-state index >= 15 is 0 Å². The van der Waals surface area contributed by atoms with Crippen molar-refractivity contribution in [2.24, 2.45) is 22.7 Å². The lowest BCUT2D eigenvalue weighted by Crippen LogP contribution is -2.50. The van der Waals surface area contributed by atoms with E-state index in [1.165, 1.54) is 12.8 Å². The zero-order chi connectivity index (χ0) is 19.3. The molecule has 0 aromatic carbocycles. The maximum atomic E-state index is 12.8. The molecule has 0 spiro atoms. The van der Waals surface area contributed by atoms with E-state index in [0.717, 1.165) is 25.2 Å². The van der Waals surface area contributed by atoms with E-state index in [0.29, 0.717) is 24.5 Å². The number of carbonyl (C=O) groups is 2. The standard InChI is InChI=1S/C21H36N2O3/c1-19(2,3)26-18(25)23-11-8-14(9-12-23)17(24)22-16-13-15-7-10-21(16,6)20(15,4)5/h14-16H,7-13H2,1-6H3,(H,22,24). The van der Waals surface area contributed by atoms with Crippen molar-refractivity contribution in [1.29, 1.82) is 0 Å². The summed E-state index contributed by atoms with van der Waals surface area (Å²) in [5.74, 6) is 0.926. The van der Waals surface area contributed by atoms with E-state index in [9.17, 15) is 9.59 Å². The van der Waals surface area contributed by atoms with E-state index in [4.69, 9.17) is 4.74 Å². The summed E-state index contributed by atoms with van der Waals surface area (Å²) in [6.07, 6.45) is 4.81. The molecule has 3 aliphatic rings. The van der Waals surface area contributed by atoms with Gasteiger partial charge in [-0.2, -0.15) is 0 Å². The largest absolute Gasteiger partial charge is 0.444 e. The Morgan fingerprint density at radius 2 is 1.69 bits per heavy atom. The van der Waals surface area contributed by atoms with Gasteiger partial charge in [0.1, 0.15) is 5.60 Å². The fourth-order valence-electron chi connectivity index (χ4n) is 5.36. The Morgan fingerprint density at radius 3 is 2.15 bits per heavy atom. The lowest BCUT2D eigenvalue weighted by atomic mass is 9.69. The Labute approximate surface area is 158 Å². The number of nitrogens with one attached hydrogen (secondary N) is 1. The van der Waals surface area contributed by atoms with Crippen LogP contribution in [0.1, 0.15) is 73.6 Å². The number of hydrogen-bond acceptors (Lipinski definition) is 3. The molecule has 26 heavy (non-hydrogen) atoms. The first-order valence-corrected chi connectivity index (χ1v) is 10.2. The number of likely N-dealkylation sites (tertiary alicyclic amines) is 1. The van der Waals surface area contributed by atoms with Crippen molar-refractivity contribution in [3.05, 3.63) is 0 Å². The highest BCUT2D eigenvalue weighted by Crippen LogP contribution is 2.65. The minimum Gasteiger partial charge on any atom is -0.444 e. The van der Waals surface area contributed by atoms with Crippen LogP contribution in [0.15, 0.2) is 0 Å². The van der Waals surface area contributed by atoms with Crippen LogP contribution >= 0.6 is 0 Å². The number of hydrogen-bond donors (Lipinski definition) is 1. The van der Waals surface area contributed by atoms with Crippen molar-refractivity contribution in [2.45, 2.75) is 85.3 Å². The third-order valence-electron chi connectivity index (χ3n) is 7.63. The molecule has 148 valence electrons. The monoisotopic (exact) mass is 364 g/mol. The second-order valence-corrected chi connectivity index (χ2v) is 10.4. The fourth-order valence-corrected chi connectivity index (χ4v) is 5.36. The number of ether oxygens (including phenoxy) is 1. The summed E-state index contributed by atoms with van der Waals surface area (Å²) >= 11 is 0. The number of amides is 2. The third-order valence-corrected chi connectivity index (χ3v) is 7.63. The Balaban J connectivity index is 1.52. The first-order chi connectivity index (χ1) is 11.9. The van der Waals surface area contributed by atoms with Crippen molar-refractivity contribution < 1.29 is 14.3 Å². The van der Waals surface area contributed by atoms with Gasteiger partial charge >= 0.3 is 6.09 Å². The van der Waals surface area contributed by atoms with Crippen LogP contribution in [0, 0.1) is 22.7 Å². The van der Waals surface area contributed by atoms with Crippen molar-refractivity contribution in [1.82, 2.24) is 10.2 Å². The van der Waals surface area contributed by atoms with Crippen LogP contribution in [0.25, 0.3) is 0 Å². The van der Waals surface area contributed by atoms with E-state index < -0.39 is 5.60 Å². The average molecular weight is 365 g/mol. The maximum Gasteiger partial charge on any atom is 0.410 e. The quantitative estimate of drug-likeness (QED) is 0.807. The van der Waals surface area contributed by atoms with E-state index in [2.05, 4.69) is 26.1 Å². The lowest BCUT2D eigenvalue weighted by molar-refractivity contribution is -0.128. The van der Waals surface area contributed by atoms with Crippen LogP contribution in [0.2, 0.25) is 0 Å². The molecule has 1 aliphatic heterocycles. The van der Waals surface area contributed by atoms with Gasteiger partial charge < -0.3 is 15.0 Å². The maximum absolute atomic E-state index is 12.8. The number of fused-ring (bicyclic) bond motifs is 2. The van der Waals surface area contributed by atoms with Crippen molar-refractivity contribution >= 4 is 12.0 Å². The van der Waals surface area contributed by atoms with Gasteiger partial charge in [-0.3, -0.25) is 4.79 Å². The highest BCUT2D eigenvalue weighted by Gasteiger charge is 2.61. The van der Waals surface area contributed by atoms with Crippen molar-refractivity contribution in [2.75, 3.05) is 13.1 Å². The van der Waals surface area contributed by atoms with Gasteiger partial charge in [-0.05, 0) is 69.6 Å². The Kier molecular flexibility index (Phi) is 4.81. The lowest BCUT2D eigenvalue weighted by Gasteiger charge is -2.40. The van der Waals surface area contributed by atoms with Gasteiger partial charge in [0, 0.05) is 25.0 Å². The molecule has 0 radical (unpaired) electrons. The van der Waals surface area contributed by atoms with Crippen LogP contribution in [-0.2, 0) is 9.53 Å². The van der Waals surface area contributed by atoms with Crippen molar-refractivity contribution in [3.63, 3.8) is 0 Å². The number of nitrogens with zero attached hydrogens (tertiary/aromatic N) is 1. The minimum absolute atomic E-state index is 0.0134. The van der Waals surface area contributed by atoms with Crippen LogP contribution < -0.4 is 5.32 Å². The predicted octanol–water partition coefficient (Wildman–Crippen LogP) is 3.96. The van der Waals surface area contributed by atoms with Crippen molar-refractivity contribution in [3.8, 4) is 0 Å². The molecule has 0 aromatic rings. The zero-order valence-corrected chi connectivity index (χ0v) is 17.4. The smallest absolute Gasteiger partial charge is 0.410 e. The fraction of sp³-hybridized carbons (Fsp3) is 0.905. The van der Waals surface area contributed by atoms with E-state index in [1.54, 1.807) is 4.90 Å². The average Bonchev–Trinajstić information content (AvgIpc) is 2.87. The summed E-state index contributed by atoms with van der Waals surface area (Å²) in [7, 11) is 0. The van der Waals surface area contributed by atoms with Gasteiger partial charge in [0.2, 0.25) is 5.91 Å². The third kappa shape index (κ3) is 3.34. The van der Waals surface area contributed by atoms with Gasteiger partial charge in [-0.1, -0.05) is 20.8 Å². The summed E-state index contributed by atoms with van der Waals surface area (Å²) in [6.45, 7) is 13.9. The summed E-state index contributed by atoms with van der Waals surface area (Å²) in [6, 6.07) is 0.299. The first-order valence-electron chi connectivity index (χ1n) is 10.2. The molecule has 2 aliphatic carbocycles. The molecule has 5 heteroatoms. The zero-order valence-electron chi connectivity index (χ0n) is 17.4. The number of carbonyl (C=O) groups excluding carboxylic acids is 2. The molecule has 1 heterocycles. The Morgan fingerprint density at radius 1 is 1.08 bits per heavy atom. The van der Waals surface area contributed by atoms with Gasteiger partial charge in [0.05, 0.1) is 0 Å². The molecule has 2 amide bonds. The molecule has 3 fully saturated rings. The Bertz CT molecular complexity index is 572. The van der Waals surface area contributed by atoms with Crippen LogP contribution in [0.4, 0.5) is 4.79 Å². The van der Waals surface area contributed by atoms with Crippen LogP contribution in [0.5, 0.6) is 0 Å². The van der Waals surface area contributed by atoms with E-state index in [1.807, 2.05) is 20.8 Å². The first kappa shape index (κ1) is 19.5. The topological polar surface area (TPSA) is 58.6 Å². The molecule has 3 atom stereocenters. The minimum atomic E-state index is -0.477. The molecule has 3 unspecified atom stereocenters. The van der Waals surface area contributed by atoms with Crippen LogP contribution in [0.3, 0.4) is 0 Å². The molecule has 5 nitrogen and oxygen atoms in total. The summed E-state index contributed by atoms with van der Waals surface area (Å²) in [4.78, 5) is 26.7. The molecular weight excluding hydrogens is 328 g/mol. The van der Waals surface area contributed by atoms with E-state index in [-0.39, 0.29) is 23.3 Å². The molecule has 3 rings (SSSR count). The second kappa shape index (κ2) is 6.42. The molecule has 0 aromatic heterocycles. The van der Waals surface area contributed by atoms with Gasteiger partial charge in [-0.15, -0.1) is 0 Å². The molecule has 1 saturated heterocycles. The highest BCUT2D eigenvalue weighted by atomic mass is 16.6. The highest BCUT2D eigenvalue weighted by molar-refractivity contribution is 5.79. The van der Waals surface area contributed by atoms with Crippen LogP contribution in [-0.4, -0.2) is 41.6 Å². The Hall–Kier alpha value is -1.26. The predicted molar refractivity (Wildman–Crippen MR) is 102 cm³/mol. The second-order valence-electron chi connectivity index (χ2n) is 10.4. The normalized spacial score (nSPS) is 34.0. The molecule has 2 bridgehead atoms. The molecular formula is C21H36N2O3. The number of piperidine rings is 1.